The van der Waals surface area contributed by atoms with Gasteiger partial charge >= 0.3 is 0 Å². The van der Waals surface area contributed by atoms with Crippen LogP contribution in [0.15, 0.2) is 36.0 Å². The van der Waals surface area contributed by atoms with Crippen molar-refractivity contribution in [2.75, 3.05) is 7.11 Å². The van der Waals surface area contributed by atoms with Crippen molar-refractivity contribution in [3.05, 3.63) is 36.4 Å². The van der Waals surface area contributed by atoms with Crippen molar-refractivity contribution in [1.82, 2.24) is 14.9 Å². The fraction of sp³-hybridized carbons (Fsp3) is 0.182. The highest BCUT2D eigenvalue weighted by Gasteiger charge is 2.05. The standard InChI is InChI=1S/C11H12N4O2/c1-8(14-15-6-12-13-7-15)9-3-4-10(16)11(5-9)17-2/h3-7,16H,1-2H3. The van der Waals surface area contributed by atoms with Crippen molar-refractivity contribution in [3.63, 3.8) is 0 Å². The highest BCUT2D eigenvalue weighted by molar-refractivity contribution is 5.99. The fourth-order valence-electron chi connectivity index (χ4n) is 1.38. The lowest BCUT2D eigenvalue weighted by atomic mass is 10.1. The van der Waals surface area contributed by atoms with Crippen LogP contribution in [0.1, 0.15) is 12.5 Å². The first kappa shape index (κ1) is 11.1. The van der Waals surface area contributed by atoms with E-state index in [1.54, 1.807) is 18.2 Å². The van der Waals surface area contributed by atoms with Gasteiger partial charge in [0, 0.05) is 5.56 Å². The molecule has 0 unspecified atom stereocenters. The lowest BCUT2D eigenvalue weighted by Gasteiger charge is -2.06. The Balaban J connectivity index is 2.34. The average molecular weight is 232 g/mol. The highest BCUT2D eigenvalue weighted by atomic mass is 16.5. The Morgan fingerprint density at radius 2 is 2.06 bits per heavy atom. The Kier molecular flexibility index (Phi) is 3.04. The van der Waals surface area contributed by atoms with E-state index in [2.05, 4.69) is 15.3 Å². The normalized spacial score (nSPS) is 11.5. The van der Waals surface area contributed by atoms with Gasteiger partial charge in [-0.25, -0.2) is 4.68 Å². The first-order valence-corrected chi connectivity index (χ1v) is 4.98. The number of rotatable bonds is 3. The Labute approximate surface area is 98.2 Å². The molecule has 0 radical (unpaired) electrons. The summed E-state index contributed by atoms with van der Waals surface area (Å²) in [4.78, 5) is 0. The fourth-order valence-corrected chi connectivity index (χ4v) is 1.38. The molecular weight excluding hydrogens is 220 g/mol. The van der Waals surface area contributed by atoms with Crippen molar-refractivity contribution in [2.24, 2.45) is 5.10 Å². The molecule has 1 aromatic heterocycles. The molecule has 6 heteroatoms. The molecule has 0 saturated carbocycles. The lowest BCUT2D eigenvalue weighted by Crippen LogP contribution is -1.99. The molecule has 0 aliphatic rings. The van der Waals surface area contributed by atoms with E-state index in [1.807, 2.05) is 6.92 Å². The van der Waals surface area contributed by atoms with Gasteiger partial charge in [-0.2, -0.15) is 5.10 Å². The van der Waals surface area contributed by atoms with Gasteiger partial charge < -0.3 is 9.84 Å². The van der Waals surface area contributed by atoms with E-state index >= 15 is 0 Å². The maximum Gasteiger partial charge on any atom is 0.161 e. The smallest absolute Gasteiger partial charge is 0.161 e. The van der Waals surface area contributed by atoms with Crippen molar-refractivity contribution in [2.45, 2.75) is 6.92 Å². The predicted octanol–water partition coefficient (Wildman–Crippen LogP) is 1.26. The summed E-state index contributed by atoms with van der Waals surface area (Å²) in [5, 5.41) is 21.1. The quantitative estimate of drug-likeness (QED) is 0.809. The molecule has 1 N–H and O–H groups in total. The summed E-state index contributed by atoms with van der Waals surface area (Å²) in [6, 6.07) is 5.05. The largest absolute Gasteiger partial charge is 0.504 e. The van der Waals surface area contributed by atoms with Gasteiger partial charge in [-0.3, -0.25) is 0 Å². The molecule has 2 rings (SSSR count). The van der Waals surface area contributed by atoms with Crippen LogP contribution in [-0.4, -0.2) is 32.8 Å². The number of hydrogen-bond donors (Lipinski definition) is 1. The van der Waals surface area contributed by atoms with E-state index in [4.69, 9.17) is 4.74 Å². The third kappa shape index (κ3) is 2.41. The van der Waals surface area contributed by atoms with Crippen LogP contribution in [0.4, 0.5) is 0 Å². The zero-order chi connectivity index (χ0) is 12.3. The summed E-state index contributed by atoms with van der Waals surface area (Å²) < 4.78 is 6.54. The highest BCUT2D eigenvalue weighted by Crippen LogP contribution is 2.26. The second-order valence-corrected chi connectivity index (χ2v) is 3.41. The van der Waals surface area contributed by atoms with E-state index in [-0.39, 0.29) is 5.75 Å². The van der Waals surface area contributed by atoms with Crippen LogP contribution in [0, 0.1) is 0 Å². The number of phenols is 1. The minimum atomic E-state index is 0.105. The zero-order valence-corrected chi connectivity index (χ0v) is 9.53. The molecule has 2 aromatic rings. The molecule has 88 valence electrons. The summed E-state index contributed by atoms with van der Waals surface area (Å²) in [6.07, 6.45) is 3.00. The lowest BCUT2D eigenvalue weighted by molar-refractivity contribution is 0.373. The number of hydrogen-bond acceptors (Lipinski definition) is 5. The molecule has 6 nitrogen and oxygen atoms in total. The molecular formula is C11H12N4O2. The van der Waals surface area contributed by atoms with Crippen LogP contribution in [0.3, 0.4) is 0 Å². The second kappa shape index (κ2) is 4.65. The number of methoxy groups -OCH3 is 1. The Morgan fingerprint density at radius 3 is 2.71 bits per heavy atom. The van der Waals surface area contributed by atoms with Gasteiger partial charge in [0.1, 0.15) is 12.7 Å². The maximum absolute atomic E-state index is 9.48. The van der Waals surface area contributed by atoms with Crippen LogP contribution in [0.5, 0.6) is 11.5 Å². The average Bonchev–Trinajstić information content (AvgIpc) is 2.82. The molecule has 0 aliphatic carbocycles. The number of phenolic OH excluding ortho intramolecular Hbond substituents is 1. The number of ether oxygens (including phenoxy) is 1. The first-order valence-electron chi connectivity index (χ1n) is 4.98. The minimum absolute atomic E-state index is 0.105. The second-order valence-electron chi connectivity index (χ2n) is 3.41. The van der Waals surface area contributed by atoms with Crippen molar-refractivity contribution >= 4 is 5.71 Å². The van der Waals surface area contributed by atoms with Crippen LogP contribution < -0.4 is 4.74 Å². The predicted molar refractivity (Wildman–Crippen MR) is 62.3 cm³/mol. The van der Waals surface area contributed by atoms with Crippen molar-refractivity contribution in [3.8, 4) is 11.5 Å². The summed E-state index contributed by atoms with van der Waals surface area (Å²) >= 11 is 0. The molecule has 0 amide bonds. The SMILES string of the molecule is COc1cc(C(C)=Nn2cnnc2)ccc1O. The molecule has 0 spiro atoms. The summed E-state index contributed by atoms with van der Waals surface area (Å²) in [5.41, 5.74) is 1.62. The Hall–Kier alpha value is -2.37. The van der Waals surface area contributed by atoms with Gasteiger partial charge in [0.25, 0.3) is 0 Å². The van der Waals surface area contributed by atoms with Crippen molar-refractivity contribution < 1.29 is 9.84 Å². The van der Waals surface area contributed by atoms with E-state index in [0.29, 0.717) is 5.75 Å². The van der Waals surface area contributed by atoms with E-state index in [1.165, 1.54) is 24.4 Å². The third-order valence-electron chi connectivity index (χ3n) is 2.27. The molecule has 1 aromatic carbocycles. The van der Waals surface area contributed by atoms with Gasteiger partial charge in [0.2, 0.25) is 0 Å². The summed E-state index contributed by atoms with van der Waals surface area (Å²) in [6.45, 7) is 1.85. The van der Waals surface area contributed by atoms with E-state index < -0.39 is 0 Å². The van der Waals surface area contributed by atoms with Crippen LogP contribution in [0.2, 0.25) is 0 Å². The topological polar surface area (TPSA) is 72.5 Å². The van der Waals surface area contributed by atoms with Gasteiger partial charge in [-0.1, -0.05) is 0 Å². The number of nitrogens with zero attached hydrogens (tertiary/aromatic N) is 4. The van der Waals surface area contributed by atoms with Gasteiger partial charge in [-0.15, -0.1) is 10.2 Å². The van der Waals surface area contributed by atoms with Gasteiger partial charge in [-0.05, 0) is 25.1 Å². The molecule has 0 fully saturated rings. The number of benzene rings is 1. The Bertz CT molecular complexity index is 534. The number of aromatic nitrogens is 3. The zero-order valence-electron chi connectivity index (χ0n) is 9.53. The third-order valence-corrected chi connectivity index (χ3v) is 2.27. The van der Waals surface area contributed by atoms with Crippen molar-refractivity contribution in [1.29, 1.82) is 0 Å². The Morgan fingerprint density at radius 1 is 1.35 bits per heavy atom. The van der Waals surface area contributed by atoms with Gasteiger partial charge in [0.15, 0.2) is 11.5 Å². The van der Waals surface area contributed by atoms with E-state index in [9.17, 15) is 5.11 Å². The monoisotopic (exact) mass is 232 g/mol. The molecule has 0 atom stereocenters. The summed E-state index contributed by atoms with van der Waals surface area (Å²) in [7, 11) is 1.51. The van der Waals surface area contributed by atoms with Gasteiger partial charge in [0.05, 0.1) is 12.8 Å². The summed E-state index contributed by atoms with van der Waals surface area (Å²) in [5.74, 6) is 0.522. The maximum atomic E-state index is 9.48. The van der Waals surface area contributed by atoms with Crippen LogP contribution in [0.25, 0.3) is 0 Å². The van der Waals surface area contributed by atoms with Crippen LogP contribution >= 0.6 is 0 Å². The van der Waals surface area contributed by atoms with E-state index in [0.717, 1.165) is 11.3 Å². The molecule has 0 bridgehead atoms. The first-order chi connectivity index (χ1) is 8.20. The minimum Gasteiger partial charge on any atom is -0.504 e. The molecule has 1 heterocycles. The molecule has 0 aliphatic heterocycles. The number of aromatic hydroxyl groups is 1. The van der Waals surface area contributed by atoms with Crippen LogP contribution in [-0.2, 0) is 0 Å². The molecule has 0 saturated heterocycles. The molecule has 17 heavy (non-hydrogen) atoms.